The van der Waals surface area contributed by atoms with Gasteiger partial charge in [0.1, 0.15) is 0 Å². The first-order chi connectivity index (χ1) is 8.06. The third-order valence-electron chi connectivity index (χ3n) is 1.94. The number of benzene rings is 1. The van der Waals surface area contributed by atoms with Gasteiger partial charge in [0.15, 0.2) is 0 Å². The van der Waals surface area contributed by atoms with Crippen LogP contribution in [0.3, 0.4) is 0 Å². The summed E-state index contributed by atoms with van der Waals surface area (Å²) in [5.74, 6) is -0.615. The first-order valence-corrected chi connectivity index (χ1v) is 5.48. The van der Waals surface area contributed by atoms with Gasteiger partial charge in [-0.15, -0.1) is 10.2 Å². The van der Waals surface area contributed by atoms with Gasteiger partial charge in [0.2, 0.25) is 5.89 Å². The number of rotatable bonds is 3. The van der Waals surface area contributed by atoms with Crippen LogP contribution in [-0.2, 0) is 0 Å². The van der Waals surface area contributed by atoms with Crippen molar-refractivity contribution in [2.75, 3.05) is 5.73 Å². The highest BCUT2D eigenvalue weighted by molar-refractivity contribution is 7.99. The van der Waals surface area contributed by atoms with E-state index >= 15 is 0 Å². The predicted molar refractivity (Wildman–Crippen MR) is 61.0 cm³/mol. The maximum Gasteiger partial charge on any atom is 0.336 e. The number of aromatic carboxylic acids is 1. The Kier molecular flexibility index (Phi) is 3.01. The summed E-state index contributed by atoms with van der Waals surface area (Å²) in [6.07, 6.45) is 0. The number of nitrogens with zero attached hydrogens (tertiary/aromatic N) is 2. The zero-order valence-corrected chi connectivity index (χ0v) is 9.69. The van der Waals surface area contributed by atoms with Crippen molar-refractivity contribution < 1.29 is 14.3 Å². The average molecular weight is 251 g/mol. The van der Waals surface area contributed by atoms with Crippen LogP contribution in [0.5, 0.6) is 0 Å². The van der Waals surface area contributed by atoms with Crippen molar-refractivity contribution in [2.45, 2.75) is 17.0 Å². The third kappa shape index (κ3) is 2.56. The van der Waals surface area contributed by atoms with Gasteiger partial charge < -0.3 is 15.3 Å². The molecule has 0 aliphatic rings. The van der Waals surface area contributed by atoms with E-state index in [0.29, 0.717) is 21.7 Å². The molecule has 0 radical (unpaired) electrons. The Morgan fingerprint density at radius 1 is 1.47 bits per heavy atom. The molecule has 0 unspecified atom stereocenters. The second kappa shape index (κ2) is 4.46. The molecular weight excluding hydrogens is 242 g/mol. The number of nitrogens with two attached hydrogens (primary N) is 1. The van der Waals surface area contributed by atoms with E-state index in [-0.39, 0.29) is 5.56 Å². The second-order valence-electron chi connectivity index (χ2n) is 3.25. The summed E-state index contributed by atoms with van der Waals surface area (Å²) in [6.45, 7) is 1.66. The van der Waals surface area contributed by atoms with E-state index in [1.165, 1.54) is 6.07 Å². The molecule has 0 saturated heterocycles. The zero-order valence-electron chi connectivity index (χ0n) is 8.88. The van der Waals surface area contributed by atoms with Gasteiger partial charge in [-0.3, -0.25) is 0 Å². The third-order valence-corrected chi connectivity index (χ3v) is 2.85. The molecule has 0 aliphatic heterocycles. The standard InChI is InChI=1S/C10H9N3O3S/c1-5-12-13-10(16-5)17-8-3-2-6(11)4-7(8)9(14)15/h2-4H,11H2,1H3,(H,14,15). The van der Waals surface area contributed by atoms with E-state index in [0.717, 1.165) is 11.8 Å². The number of aryl methyl sites for hydroxylation is 1. The van der Waals surface area contributed by atoms with Crippen LogP contribution < -0.4 is 5.73 Å². The van der Waals surface area contributed by atoms with Crippen LogP contribution in [0.1, 0.15) is 16.2 Å². The SMILES string of the molecule is Cc1nnc(Sc2ccc(N)cc2C(=O)O)o1. The maximum absolute atomic E-state index is 11.0. The van der Waals surface area contributed by atoms with E-state index in [2.05, 4.69) is 10.2 Å². The molecule has 0 bridgehead atoms. The van der Waals surface area contributed by atoms with E-state index in [1.54, 1.807) is 19.1 Å². The smallest absolute Gasteiger partial charge is 0.336 e. The van der Waals surface area contributed by atoms with Crippen LogP contribution >= 0.6 is 11.8 Å². The molecule has 88 valence electrons. The molecule has 2 aromatic rings. The Morgan fingerprint density at radius 2 is 2.24 bits per heavy atom. The minimum Gasteiger partial charge on any atom is -0.478 e. The number of anilines is 1. The van der Waals surface area contributed by atoms with E-state index in [1.807, 2.05) is 0 Å². The number of aromatic nitrogens is 2. The van der Waals surface area contributed by atoms with Crippen LogP contribution in [0.4, 0.5) is 5.69 Å². The molecular formula is C10H9N3O3S. The van der Waals surface area contributed by atoms with Crippen molar-refractivity contribution in [1.29, 1.82) is 0 Å². The molecule has 1 aromatic carbocycles. The first kappa shape index (κ1) is 11.5. The van der Waals surface area contributed by atoms with Gasteiger partial charge in [-0.2, -0.15) is 0 Å². The fourth-order valence-electron chi connectivity index (χ4n) is 1.22. The Balaban J connectivity index is 2.35. The van der Waals surface area contributed by atoms with E-state index in [9.17, 15) is 4.79 Å². The van der Waals surface area contributed by atoms with Crippen molar-refractivity contribution in [3.8, 4) is 0 Å². The Bertz CT molecular complexity index is 568. The number of carboxylic acid groups (broad SMARTS) is 1. The number of carboxylic acids is 1. The van der Waals surface area contributed by atoms with Crippen LogP contribution in [0.25, 0.3) is 0 Å². The highest BCUT2D eigenvalue weighted by Crippen LogP contribution is 2.30. The van der Waals surface area contributed by atoms with E-state index in [4.69, 9.17) is 15.3 Å². The average Bonchev–Trinajstić information content (AvgIpc) is 2.66. The highest BCUT2D eigenvalue weighted by atomic mass is 32.2. The zero-order chi connectivity index (χ0) is 12.4. The van der Waals surface area contributed by atoms with Crippen LogP contribution in [-0.4, -0.2) is 21.3 Å². The molecule has 0 amide bonds. The van der Waals surface area contributed by atoms with Crippen LogP contribution in [0.15, 0.2) is 32.7 Å². The number of nitrogen functional groups attached to an aromatic ring is 1. The molecule has 1 heterocycles. The summed E-state index contributed by atoms with van der Waals surface area (Å²) in [7, 11) is 0. The lowest BCUT2D eigenvalue weighted by Crippen LogP contribution is -2.00. The summed E-state index contributed by atoms with van der Waals surface area (Å²) in [5.41, 5.74) is 6.05. The molecule has 7 heteroatoms. The van der Waals surface area contributed by atoms with Crippen LogP contribution in [0.2, 0.25) is 0 Å². The Hall–Kier alpha value is -2.02. The summed E-state index contributed by atoms with van der Waals surface area (Å²) in [5, 5.41) is 16.8. The number of carbonyl (C=O) groups is 1. The molecule has 0 fully saturated rings. The number of hydrogen-bond acceptors (Lipinski definition) is 6. The molecule has 17 heavy (non-hydrogen) atoms. The Morgan fingerprint density at radius 3 is 2.82 bits per heavy atom. The largest absolute Gasteiger partial charge is 0.478 e. The van der Waals surface area contributed by atoms with Gasteiger partial charge in [-0.1, -0.05) is 0 Å². The number of hydrogen-bond donors (Lipinski definition) is 2. The molecule has 0 saturated carbocycles. The van der Waals surface area contributed by atoms with Crippen molar-refractivity contribution in [3.05, 3.63) is 29.7 Å². The monoisotopic (exact) mass is 251 g/mol. The van der Waals surface area contributed by atoms with Gasteiger partial charge in [0.05, 0.1) is 5.56 Å². The quantitative estimate of drug-likeness (QED) is 0.802. The van der Waals surface area contributed by atoms with Gasteiger partial charge in [-0.05, 0) is 30.0 Å². The lowest BCUT2D eigenvalue weighted by molar-refractivity contribution is 0.0693. The van der Waals surface area contributed by atoms with Gasteiger partial charge in [0.25, 0.3) is 5.22 Å². The summed E-state index contributed by atoms with van der Waals surface area (Å²) in [4.78, 5) is 11.5. The molecule has 0 atom stereocenters. The van der Waals surface area contributed by atoms with Gasteiger partial charge >= 0.3 is 5.97 Å². The van der Waals surface area contributed by atoms with Crippen molar-refractivity contribution in [1.82, 2.24) is 10.2 Å². The highest BCUT2D eigenvalue weighted by Gasteiger charge is 2.14. The van der Waals surface area contributed by atoms with Crippen molar-refractivity contribution >= 4 is 23.4 Å². The van der Waals surface area contributed by atoms with Crippen molar-refractivity contribution in [2.24, 2.45) is 0 Å². The molecule has 6 nitrogen and oxygen atoms in total. The Labute approximate surface area is 101 Å². The summed E-state index contributed by atoms with van der Waals surface area (Å²) < 4.78 is 5.17. The molecule has 0 aliphatic carbocycles. The topological polar surface area (TPSA) is 102 Å². The predicted octanol–water partition coefficient (Wildman–Crippen LogP) is 1.81. The lowest BCUT2D eigenvalue weighted by atomic mass is 10.2. The first-order valence-electron chi connectivity index (χ1n) is 4.67. The van der Waals surface area contributed by atoms with Crippen LogP contribution in [0, 0.1) is 6.92 Å². The van der Waals surface area contributed by atoms with E-state index < -0.39 is 5.97 Å². The van der Waals surface area contributed by atoms with Crippen molar-refractivity contribution in [3.63, 3.8) is 0 Å². The lowest BCUT2D eigenvalue weighted by Gasteiger charge is -2.03. The summed E-state index contributed by atoms with van der Waals surface area (Å²) in [6, 6.07) is 4.63. The molecule has 3 N–H and O–H groups in total. The summed E-state index contributed by atoms with van der Waals surface area (Å²) >= 11 is 1.10. The molecule has 1 aromatic heterocycles. The normalized spacial score (nSPS) is 10.4. The minimum absolute atomic E-state index is 0.117. The fourth-order valence-corrected chi connectivity index (χ4v) is 2.04. The fraction of sp³-hybridized carbons (Fsp3) is 0.100. The molecule has 0 spiro atoms. The second-order valence-corrected chi connectivity index (χ2v) is 4.24. The maximum atomic E-state index is 11.0. The van der Waals surface area contributed by atoms with Gasteiger partial charge in [-0.25, -0.2) is 4.79 Å². The minimum atomic E-state index is -1.05. The van der Waals surface area contributed by atoms with Gasteiger partial charge in [0, 0.05) is 17.5 Å². The molecule has 2 rings (SSSR count).